The Balaban J connectivity index is 1.64. The Hall–Kier alpha value is -2.83. The van der Waals surface area contributed by atoms with Gasteiger partial charge in [-0.3, -0.25) is 0 Å². The molecule has 0 atom stereocenters. The van der Waals surface area contributed by atoms with Crippen LogP contribution >= 0.6 is 23.2 Å². The summed E-state index contributed by atoms with van der Waals surface area (Å²) in [6.45, 7) is 0. The summed E-state index contributed by atoms with van der Waals surface area (Å²) in [5.74, 6) is 2.06. The minimum Gasteiger partial charge on any atom is -0.497 e. The van der Waals surface area contributed by atoms with Crippen LogP contribution in [0.4, 0.5) is 11.5 Å². The van der Waals surface area contributed by atoms with Gasteiger partial charge < -0.3 is 10.1 Å². The number of rotatable bonds is 5. The van der Waals surface area contributed by atoms with E-state index in [0.717, 1.165) is 11.3 Å². The second-order valence-corrected chi connectivity index (χ2v) is 6.72. The number of fused-ring (bicyclic) bond motifs is 1. The molecule has 8 heteroatoms. The van der Waals surface area contributed by atoms with Crippen molar-refractivity contribution in [1.29, 1.82) is 0 Å². The number of methoxy groups -OCH3 is 1. The van der Waals surface area contributed by atoms with E-state index in [1.165, 1.54) is 0 Å². The Bertz CT molecular complexity index is 1110. The van der Waals surface area contributed by atoms with Crippen molar-refractivity contribution in [2.45, 2.75) is 6.42 Å². The lowest BCUT2D eigenvalue weighted by Crippen LogP contribution is -2.03. The van der Waals surface area contributed by atoms with Crippen LogP contribution in [0.25, 0.3) is 5.65 Å². The van der Waals surface area contributed by atoms with Crippen LogP contribution in [-0.4, -0.2) is 26.9 Å². The van der Waals surface area contributed by atoms with Crippen molar-refractivity contribution in [3.63, 3.8) is 0 Å². The first kappa shape index (κ1) is 17.6. The molecule has 27 heavy (non-hydrogen) atoms. The average molecular weight is 400 g/mol. The molecule has 0 unspecified atom stereocenters. The normalized spacial score (nSPS) is 10.9. The molecule has 6 nitrogen and oxygen atoms in total. The van der Waals surface area contributed by atoms with E-state index in [1.54, 1.807) is 17.7 Å². The number of aromatic nitrogens is 4. The third-order valence-electron chi connectivity index (χ3n) is 4.03. The van der Waals surface area contributed by atoms with E-state index in [1.807, 2.05) is 48.5 Å². The van der Waals surface area contributed by atoms with Crippen molar-refractivity contribution < 1.29 is 4.74 Å². The zero-order chi connectivity index (χ0) is 18.8. The highest BCUT2D eigenvalue weighted by molar-refractivity contribution is 6.31. The molecule has 2 heterocycles. The van der Waals surface area contributed by atoms with E-state index >= 15 is 0 Å². The molecule has 1 N–H and O–H groups in total. The van der Waals surface area contributed by atoms with E-state index in [-0.39, 0.29) is 0 Å². The maximum absolute atomic E-state index is 6.35. The molecule has 0 spiro atoms. The lowest BCUT2D eigenvalue weighted by atomic mass is 10.1. The monoisotopic (exact) mass is 399 g/mol. The number of halogens is 2. The van der Waals surface area contributed by atoms with Crippen LogP contribution < -0.4 is 10.1 Å². The summed E-state index contributed by atoms with van der Waals surface area (Å²) in [6.07, 6.45) is 0.498. The number of nitrogens with one attached hydrogen (secondary N) is 1. The van der Waals surface area contributed by atoms with Crippen LogP contribution in [0, 0.1) is 0 Å². The summed E-state index contributed by atoms with van der Waals surface area (Å²) < 4.78 is 6.89. The molecule has 4 rings (SSSR count). The molecule has 136 valence electrons. The van der Waals surface area contributed by atoms with Gasteiger partial charge in [0.05, 0.1) is 7.11 Å². The van der Waals surface area contributed by atoms with Crippen LogP contribution in [0.15, 0.2) is 54.6 Å². The highest BCUT2D eigenvalue weighted by Gasteiger charge is 2.11. The van der Waals surface area contributed by atoms with Gasteiger partial charge in [-0.2, -0.15) is 4.52 Å². The van der Waals surface area contributed by atoms with Crippen LogP contribution in [-0.2, 0) is 6.42 Å². The van der Waals surface area contributed by atoms with E-state index in [9.17, 15) is 0 Å². The fourth-order valence-corrected chi connectivity index (χ4v) is 3.12. The Morgan fingerprint density at radius 1 is 1.04 bits per heavy atom. The Labute approximate surface area is 165 Å². The van der Waals surface area contributed by atoms with E-state index in [2.05, 4.69) is 20.6 Å². The number of hydrogen-bond donors (Lipinski definition) is 1. The molecule has 2 aromatic heterocycles. The third kappa shape index (κ3) is 3.82. The zero-order valence-corrected chi connectivity index (χ0v) is 15.9. The molecule has 0 radical (unpaired) electrons. The molecule has 4 aromatic rings. The molecule has 0 amide bonds. The molecule has 2 aromatic carbocycles. The predicted octanol–water partition coefficient (Wildman–Crippen LogP) is 4.77. The number of hydrogen-bond acceptors (Lipinski definition) is 5. The van der Waals surface area contributed by atoms with Crippen molar-refractivity contribution in [2.24, 2.45) is 0 Å². The summed E-state index contributed by atoms with van der Waals surface area (Å²) in [5.41, 5.74) is 2.43. The van der Waals surface area contributed by atoms with Crippen LogP contribution in [0.2, 0.25) is 10.0 Å². The average Bonchev–Trinajstić information content (AvgIpc) is 3.05. The quantitative estimate of drug-likeness (QED) is 0.523. The van der Waals surface area contributed by atoms with Gasteiger partial charge in [0, 0.05) is 22.2 Å². The lowest BCUT2D eigenvalue weighted by molar-refractivity contribution is 0.414. The first-order valence-corrected chi connectivity index (χ1v) is 8.94. The highest BCUT2D eigenvalue weighted by Crippen LogP contribution is 2.25. The molecular formula is C19H15Cl2N5O. The molecule has 0 bridgehead atoms. The van der Waals surface area contributed by atoms with Crippen molar-refractivity contribution in [3.05, 3.63) is 76.0 Å². The lowest BCUT2D eigenvalue weighted by Gasteiger charge is -2.08. The van der Waals surface area contributed by atoms with E-state index in [0.29, 0.717) is 39.5 Å². The van der Waals surface area contributed by atoms with Gasteiger partial charge >= 0.3 is 0 Å². The first-order chi connectivity index (χ1) is 13.1. The molecule has 0 aliphatic heterocycles. The van der Waals surface area contributed by atoms with Crippen molar-refractivity contribution in [2.75, 3.05) is 12.4 Å². The van der Waals surface area contributed by atoms with E-state index in [4.69, 9.17) is 27.9 Å². The standard InChI is InChI=1S/C19H15Cl2N5O/c1-27-15-6-5-12(16(21)11-15)9-19-24-23-18-8-7-17(25-26(18)19)22-14-4-2-3-13(20)10-14/h2-8,10-11H,9H2,1H3,(H,22,25). The topological polar surface area (TPSA) is 64.3 Å². The van der Waals surface area contributed by atoms with Crippen molar-refractivity contribution >= 4 is 40.4 Å². The second-order valence-electron chi connectivity index (χ2n) is 5.87. The van der Waals surface area contributed by atoms with Gasteiger partial charge in [0.15, 0.2) is 17.3 Å². The molecule has 0 saturated carbocycles. The Kier molecular flexibility index (Phi) is 4.83. The van der Waals surface area contributed by atoms with Gasteiger partial charge in [0.1, 0.15) is 5.75 Å². The first-order valence-electron chi connectivity index (χ1n) is 8.19. The maximum atomic E-state index is 6.35. The van der Waals surface area contributed by atoms with Crippen LogP contribution in [0.3, 0.4) is 0 Å². The minimum atomic E-state index is 0.498. The summed E-state index contributed by atoms with van der Waals surface area (Å²) in [7, 11) is 1.61. The maximum Gasteiger partial charge on any atom is 0.178 e. The highest BCUT2D eigenvalue weighted by atomic mass is 35.5. The SMILES string of the molecule is COc1ccc(Cc2nnc3ccc(Nc4cccc(Cl)c4)nn23)c(Cl)c1. The number of anilines is 2. The molecular weight excluding hydrogens is 385 g/mol. The third-order valence-corrected chi connectivity index (χ3v) is 4.62. The van der Waals surface area contributed by atoms with Gasteiger partial charge in [-0.25, -0.2) is 0 Å². The summed E-state index contributed by atoms with van der Waals surface area (Å²) >= 11 is 12.4. The molecule has 0 fully saturated rings. The van der Waals surface area contributed by atoms with Gasteiger partial charge in [-0.1, -0.05) is 35.3 Å². The number of nitrogens with zero attached hydrogens (tertiary/aromatic N) is 4. The fraction of sp³-hybridized carbons (Fsp3) is 0.105. The predicted molar refractivity (Wildman–Crippen MR) is 106 cm³/mol. The van der Waals surface area contributed by atoms with E-state index < -0.39 is 0 Å². The Morgan fingerprint density at radius 2 is 1.93 bits per heavy atom. The Morgan fingerprint density at radius 3 is 2.70 bits per heavy atom. The number of ether oxygens (including phenoxy) is 1. The fourth-order valence-electron chi connectivity index (χ4n) is 2.69. The smallest absolute Gasteiger partial charge is 0.178 e. The minimum absolute atomic E-state index is 0.498. The molecule has 0 saturated heterocycles. The number of benzene rings is 2. The van der Waals surface area contributed by atoms with Gasteiger partial charge in [0.25, 0.3) is 0 Å². The van der Waals surface area contributed by atoms with Gasteiger partial charge in [-0.05, 0) is 48.0 Å². The summed E-state index contributed by atoms with van der Waals surface area (Å²) in [5, 5.41) is 17.5. The molecule has 0 aliphatic carbocycles. The van der Waals surface area contributed by atoms with Crippen molar-refractivity contribution in [1.82, 2.24) is 19.8 Å². The van der Waals surface area contributed by atoms with Crippen molar-refractivity contribution in [3.8, 4) is 5.75 Å². The van der Waals surface area contributed by atoms with Gasteiger partial charge in [0.2, 0.25) is 0 Å². The molecule has 0 aliphatic rings. The zero-order valence-electron chi connectivity index (χ0n) is 14.4. The largest absolute Gasteiger partial charge is 0.497 e. The van der Waals surface area contributed by atoms with Gasteiger partial charge in [-0.15, -0.1) is 15.3 Å². The van der Waals surface area contributed by atoms with Crippen LogP contribution in [0.5, 0.6) is 5.75 Å². The summed E-state index contributed by atoms with van der Waals surface area (Å²) in [4.78, 5) is 0. The van der Waals surface area contributed by atoms with Crippen LogP contribution in [0.1, 0.15) is 11.4 Å². The second kappa shape index (κ2) is 7.42. The summed E-state index contributed by atoms with van der Waals surface area (Å²) in [6, 6.07) is 16.7.